The van der Waals surface area contributed by atoms with Crippen molar-refractivity contribution in [3.8, 4) is 0 Å². The third kappa shape index (κ3) is 3.71. The highest BCUT2D eigenvalue weighted by molar-refractivity contribution is 6.30. The van der Waals surface area contributed by atoms with E-state index in [0.29, 0.717) is 0 Å². The molecular weight excluding hydrogens is 240 g/mol. The lowest BCUT2D eigenvalue weighted by atomic mass is 10.0. The standard InChI is InChI=1S/C13H13ClO3/c1-8-7-11(13(14)9(2)15)4-3-10(8)5-6-12(16)17/h3-7,13H,1-2H3,(H,16,17)/b6-5+. The van der Waals surface area contributed by atoms with Crippen LogP contribution in [0.2, 0.25) is 0 Å². The van der Waals surface area contributed by atoms with Gasteiger partial charge in [0.15, 0.2) is 5.78 Å². The normalized spacial score (nSPS) is 12.6. The van der Waals surface area contributed by atoms with E-state index in [-0.39, 0.29) is 5.78 Å². The van der Waals surface area contributed by atoms with E-state index in [1.165, 1.54) is 13.0 Å². The minimum Gasteiger partial charge on any atom is -0.478 e. The zero-order valence-electron chi connectivity index (χ0n) is 9.61. The Morgan fingerprint density at radius 2 is 2.06 bits per heavy atom. The fourth-order valence-corrected chi connectivity index (χ4v) is 1.58. The lowest BCUT2D eigenvalue weighted by molar-refractivity contribution is -0.131. The van der Waals surface area contributed by atoms with Gasteiger partial charge < -0.3 is 5.11 Å². The Hall–Kier alpha value is -1.61. The largest absolute Gasteiger partial charge is 0.478 e. The van der Waals surface area contributed by atoms with Gasteiger partial charge in [-0.05, 0) is 36.6 Å². The number of carbonyl (C=O) groups is 2. The molecule has 0 aliphatic carbocycles. The molecular formula is C13H13ClO3. The molecule has 0 aliphatic heterocycles. The van der Waals surface area contributed by atoms with Gasteiger partial charge in [0.25, 0.3) is 0 Å². The maximum atomic E-state index is 11.1. The van der Waals surface area contributed by atoms with Gasteiger partial charge in [-0.15, -0.1) is 11.6 Å². The van der Waals surface area contributed by atoms with Crippen LogP contribution in [0.5, 0.6) is 0 Å². The zero-order chi connectivity index (χ0) is 13.0. The first-order chi connectivity index (χ1) is 7.91. The second-order valence-electron chi connectivity index (χ2n) is 3.76. The number of hydrogen-bond donors (Lipinski definition) is 1. The van der Waals surface area contributed by atoms with Gasteiger partial charge in [0.2, 0.25) is 0 Å². The van der Waals surface area contributed by atoms with Gasteiger partial charge in [0.1, 0.15) is 5.38 Å². The summed E-state index contributed by atoms with van der Waals surface area (Å²) < 4.78 is 0. The van der Waals surface area contributed by atoms with Gasteiger partial charge in [-0.25, -0.2) is 4.79 Å². The number of halogens is 1. The molecule has 17 heavy (non-hydrogen) atoms. The highest BCUT2D eigenvalue weighted by Gasteiger charge is 2.13. The van der Waals surface area contributed by atoms with Gasteiger partial charge in [0.05, 0.1) is 0 Å². The smallest absolute Gasteiger partial charge is 0.328 e. The van der Waals surface area contributed by atoms with Crippen LogP contribution in [0.4, 0.5) is 0 Å². The summed E-state index contributed by atoms with van der Waals surface area (Å²) in [6, 6.07) is 5.27. The van der Waals surface area contributed by atoms with Crippen LogP contribution in [0, 0.1) is 6.92 Å². The molecule has 90 valence electrons. The highest BCUT2D eigenvalue weighted by Crippen LogP contribution is 2.24. The number of benzene rings is 1. The number of Topliss-reactive ketones (excluding diaryl/α,β-unsaturated/α-hetero) is 1. The molecule has 0 radical (unpaired) electrons. The first-order valence-electron chi connectivity index (χ1n) is 5.08. The predicted octanol–water partition coefficient (Wildman–Crippen LogP) is 2.96. The van der Waals surface area contributed by atoms with Crippen LogP contribution in [-0.2, 0) is 9.59 Å². The molecule has 0 amide bonds. The maximum absolute atomic E-state index is 11.1. The fraction of sp³-hybridized carbons (Fsp3) is 0.231. The van der Waals surface area contributed by atoms with E-state index < -0.39 is 11.3 Å². The van der Waals surface area contributed by atoms with Crippen molar-refractivity contribution in [3.05, 3.63) is 41.0 Å². The number of carboxylic acids is 1. The lowest BCUT2D eigenvalue weighted by Crippen LogP contribution is -2.02. The Kier molecular flexibility index (Phi) is 4.46. The van der Waals surface area contributed by atoms with E-state index in [1.54, 1.807) is 18.2 Å². The summed E-state index contributed by atoms with van der Waals surface area (Å²) in [4.78, 5) is 21.5. The molecule has 0 aliphatic rings. The average molecular weight is 253 g/mol. The van der Waals surface area contributed by atoms with Crippen LogP contribution in [0.1, 0.15) is 29.0 Å². The summed E-state index contributed by atoms with van der Waals surface area (Å²) in [7, 11) is 0. The number of rotatable bonds is 4. The third-order valence-corrected chi connectivity index (χ3v) is 2.91. The SMILES string of the molecule is CC(=O)C(Cl)c1ccc(/C=C/C(=O)O)c(C)c1. The van der Waals surface area contributed by atoms with Gasteiger partial charge in [-0.1, -0.05) is 18.2 Å². The van der Waals surface area contributed by atoms with Crippen LogP contribution in [0.3, 0.4) is 0 Å². The Bertz CT molecular complexity index is 478. The Morgan fingerprint density at radius 1 is 1.41 bits per heavy atom. The number of aliphatic carboxylic acids is 1. The number of carboxylic acid groups (broad SMARTS) is 1. The molecule has 0 spiro atoms. The van der Waals surface area contributed by atoms with Crippen LogP contribution in [0.15, 0.2) is 24.3 Å². The van der Waals surface area contributed by atoms with E-state index in [1.807, 2.05) is 6.92 Å². The van der Waals surface area contributed by atoms with Crippen molar-refractivity contribution in [2.45, 2.75) is 19.2 Å². The monoisotopic (exact) mass is 252 g/mol. The van der Waals surface area contributed by atoms with E-state index in [0.717, 1.165) is 22.8 Å². The van der Waals surface area contributed by atoms with Crippen LogP contribution in [-0.4, -0.2) is 16.9 Å². The quantitative estimate of drug-likeness (QED) is 0.662. The van der Waals surface area contributed by atoms with Crippen molar-refractivity contribution >= 4 is 29.4 Å². The maximum Gasteiger partial charge on any atom is 0.328 e. The summed E-state index contributed by atoms with van der Waals surface area (Å²) in [5, 5.41) is 7.88. The molecule has 0 saturated carbocycles. The lowest BCUT2D eigenvalue weighted by Gasteiger charge is -2.08. The molecule has 0 saturated heterocycles. The summed E-state index contributed by atoms with van der Waals surface area (Å²) in [5.74, 6) is -1.10. The molecule has 1 aromatic carbocycles. The van der Waals surface area contributed by atoms with E-state index >= 15 is 0 Å². The zero-order valence-corrected chi connectivity index (χ0v) is 10.4. The number of alkyl halides is 1. The Labute approximate surface area is 105 Å². The topological polar surface area (TPSA) is 54.4 Å². The number of hydrogen-bond acceptors (Lipinski definition) is 2. The average Bonchev–Trinajstić information content (AvgIpc) is 2.26. The molecule has 1 rings (SSSR count). The molecule has 0 bridgehead atoms. The molecule has 1 unspecified atom stereocenters. The van der Waals surface area contributed by atoms with Gasteiger partial charge in [-0.2, -0.15) is 0 Å². The summed E-state index contributed by atoms with van der Waals surface area (Å²) >= 11 is 5.93. The molecule has 1 atom stereocenters. The van der Waals surface area contributed by atoms with Crippen molar-refractivity contribution in [2.24, 2.45) is 0 Å². The van der Waals surface area contributed by atoms with Crippen molar-refractivity contribution in [3.63, 3.8) is 0 Å². The Balaban J connectivity index is 3.01. The van der Waals surface area contributed by atoms with Gasteiger partial charge >= 0.3 is 5.97 Å². The molecule has 0 fully saturated rings. The third-order valence-electron chi connectivity index (χ3n) is 2.35. The molecule has 3 nitrogen and oxygen atoms in total. The van der Waals surface area contributed by atoms with Crippen LogP contribution in [0.25, 0.3) is 6.08 Å². The summed E-state index contributed by atoms with van der Waals surface area (Å²) in [6.45, 7) is 3.28. The van der Waals surface area contributed by atoms with Crippen molar-refractivity contribution in [1.82, 2.24) is 0 Å². The first kappa shape index (κ1) is 13.5. The van der Waals surface area contributed by atoms with Crippen molar-refractivity contribution in [2.75, 3.05) is 0 Å². The first-order valence-corrected chi connectivity index (χ1v) is 5.51. The molecule has 4 heteroatoms. The Morgan fingerprint density at radius 3 is 2.53 bits per heavy atom. The molecule has 0 heterocycles. The second-order valence-corrected chi connectivity index (χ2v) is 4.20. The summed E-state index contributed by atoms with van der Waals surface area (Å²) in [5.41, 5.74) is 2.40. The molecule has 1 N–H and O–H groups in total. The number of ketones is 1. The van der Waals surface area contributed by atoms with Crippen molar-refractivity contribution in [1.29, 1.82) is 0 Å². The van der Waals surface area contributed by atoms with Gasteiger partial charge in [-0.3, -0.25) is 4.79 Å². The van der Waals surface area contributed by atoms with Crippen LogP contribution >= 0.6 is 11.6 Å². The van der Waals surface area contributed by atoms with E-state index in [4.69, 9.17) is 16.7 Å². The van der Waals surface area contributed by atoms with Gasteiger partial charge in [0, 0.05) is 6.08 Å². The summed E-state index contributed by atoms with van der Waals surface area (Å²) in [6.07, 6.45) is 2.59. The molecule has 1 aromatic rings. The predicted molar refractivity (Wildman–Crippen MR) is 67.1 cm³/mol. The van der Waals surface area contributed by atoms with Crippen LogP contribution < -0.4 is 0 Å². The number of carbonyl (C=O) groups excluding carboxylic acids is 1. The fourth-order valence-electron chi connectivity index (χ4n) is 1.44. The number of aryl methyl sites for hydroxylation is 1. The minimum absolute atomic E-state index is 0.111. The van der Waals surface area contributed by atoms with E-state index in [9.17, 15) is 9.59 Å². The molecule has 0 aromatic heterocycles. The van der Waals surface area contributed by atoms with E-state index in [2.05, 4.69) is 0 Å². The second kappa shape index (κ2) is 5.64. The highest BCUT2D eigenvalue weighted by atomic mass is 35.5. The minimum atomic E-state index is -0.993. The van der Waals surface area contributed by atoms with Crippen molar-refractivity contribution < 1.29 is 14.7 Å².